The van der Waals surface area contributed by atoms with Crippen LogP contribution in [0.4, 0.5) is 5.13 Å². The Morgan fingerprint density at radius 1 is 1.33 bits per heavy atom. The fourth-order valence-electron chi connectivity index (χ4n) is 2.31. The van der Waals surface area contributed by atoms with Gasteiger partial charge in [-0.15, -0.1) is 11.3 Å². The maximum absolute atomic E-state index is 5.43. The van der Waals surface area contributed by atoms with Crippen LogP contribution in [0.3, 0.4) is 0 Å². The first kappa shape index (κ1) is 16.7. The van der Waals surface area contributed by atoms with E-state index in [4.69, 9.17) is 14.5 Å². The summed E-state index contributed by atoms with van der Waals surface area (Å²) in [5, 5.41) is 4.56. The molecule has 0 spiro atoms. The molecule has 0 aliphatic carbocycles. The minimum Gasteiger partial charge on any atom is -0.383 e. The van der Waals surface area contributed by atoms with Crippen molar-refractivity contribution >= 4 is 16.5 Å². The maximum atomic E-state index is 5.43. The van der Waals surface area contributed by atoms with Crippen LogP contribution in [0.5, 0.6) is 0 Å². The third-order valence-electron chi connectivity index (χ3n) is 3.45. The van der Waals surface area contributed by atoms with Gasteiger partial charge >= 0.3 is 0 Å². The molecule has 0 radical (unpaired) electrons. The fourth-order valence-corrected chi connectivity index (χ4v) is 3.60. The van der Waals surface area contributed by atoms with E-state index in [1.54, 1.807) is 18.4 Å². The molecule has 2 heterocycles. The number of thiazole rings is 1. The Bertz CT molecular complexity index is 437. The van der Waals surface area contributed by atoms with Gasteiger partial charge in [0.15, 0.2) is 5.13 Å². The Hall–Kier alpha value is -0.690. The Kier molecular flexibility index (Phi) is 5.98. The summed E-state index contributed by atoms with van der Waals surface area (Å²) in [6.45, 7) is 12.6. The molecule has 1 aromatic rings. The van der Waals surface area contributed by atoms with Crippen molar-refractivity contribution in [2.45, 2.75) is 32.7 Å². The number of anilines is 1. The van der Waals surface area contributed by atoms with Crippen LogP contribution < -0.4 is 10.2 Å². The number of hydrogen-bond acceptors (Lipinski definition) is 6. The molecule has 1 fully saturated rings. The first-order valence-electron chi connectivity index (χ1n) is 7.55. The molecule has 21 heavy (non-hydrogen) atoms. The highest BCUT2D eigenvalue weighted by molar-refractivity contribution is 7.15. The van der Waals surface area contributed by atoms with Crippen LogP contribution in [0.2, 0.25) is 0 Å². The monoisotopic (exact) mass is 313 g/mol. The normalized spacial score (nSPS) is 16.5. The van der Waals surface area contributed by atoms with E-state index in [9.17, 15) is 0 Å². The summed E-state index contributed by atoms with van der Waals surface area (Å²) in [6, 6.07) is 0. The van der Waals surface area contributed by atoms with Gasteiger partial charge in [-0.3, -0.25) is 0 Å². The second kappa shape index (κ2) is 7.54. The van der Waals surface area contributed by atoms with Gasteiger partial charge in [0, 0.05) is 43.6 Å². The van der Waals surface area contributed by atoms with Crippen LogP contribution in [0.1, 0.15) is 31.3 Å². The lowest BCUT2D eigenvalue weighted by molar-refractivity contribution is 0.122. The molecule has 0 bridgehead atoms. The number of morpholine rings is 1. The molecular formula is C15H27N3O2S. The minimum absolute atomic E-state index is 0.0688. The average molecular weight is 313 g/mol. The molecular weight excluding hydrogens is 286 g/mol. The topological polar surface area (TPSA) is 46.6 Å². The summed E-state index contributed by atoms with van der Waals surface area (Å²) < 4.78 is 10.5. The van der Waals surface area contributed by atoms with Crippen LogP contribution in [0.15, 0.2) is 0 Å². The smallest absolute Gasteiger partial charge is 0.186 e. The predicted octanol–water partition coefficient (Wildman–Crippen LogP) is 2.01. The molecule has 5 nitrogen and oxygen atoms in total. The zero-order valence-electron chi connectivity index (χ0n) is 13.6. The van der Waals surface area contributed by atoms with Gasteiger partial charge in [0.05, 0.1) is 25.5 Å². The molecule has 1 aliphatic rings. The molecule has 0 aromatic carbocycles. The van der Waals surface area contributed by atoms with E-state index in [0.29, 0.717) is 0 Å². The highest BCUT2D eigenvalue weighted by Crippen LogP contribution is 2.34. The molecule has 1 aromatic heterocycles. The second-order valence-corrected chi connectivity index (χ2v) is 7.35. The first-order valence-corrected chi connectivity index (χ1v) is 8.36. The van der Waals surface area contributed by atoms with Crippen molar-refractivity contribution in [1.82, 2.24) is 10.3 Å². The minimum atomic E-state index is 0.0688. The highest BCUT2D eigenvalue weighted by Gasteiger charge is 2.25. The van der Waals surface area contributed by atoms with Gasteiger partial charge in [-0.05, 0) is 0 Å². The number of hydrogen-bond donors (Lipinski definition) is 1. The predicted molar refractivity (Wildman–Crippen MR) is 87.4 cm³/mol. The standard InChI is InChI=1S/C15H27N3O2S/c1-15(2,3)13-12(11-16-5-8-19-4)21-14(17-13)18-6-9-20-10-7-18/h16H,5-11H2,1-4H3. The molecule has 0 unspecified atom stereocenters. The zero-order valence-corrected chi connectivity index (χ0v) is 14.4. The van der Waals surface area contributed by atoms with Crippen LogP contribution in [0.25, 0.3) is 0 Å². The van der Waals surface area contributed by atoms with Gasteiger partial charge in [0.1, 0.15) is 0 Å². The van der Waals surface area contributed by atoms with Crippen molar-refractivity contribution < 1.29 is 9.47 Å². The van der Waals surface area contributed by atoms with E-state index in [0.717, 1.165) is 51.1 Å². The molecule has 120 valence electrons. The van der Waals surface area contributed by atoms with Crippen LogP contribution in [0, 0.1) is 0 Å². The lowest BCUT2D eigenvalue weighted by Gasteiger charge is -2.26. The third-order valence-corrected chi connectivity index (χ3v) is 4.56. The maximum Gasteiger partial charge on any atom is 0.186 e. The molecule has 0 saturated carbocycles. The van der Waals surface area contributed by atoms with Crippen molar-refractivity contribution in [3.63, 3.8) is 0 Å². The number of nitrogens with zero attached hydrogens (tertiary/aromatic N) is 2. The average Bonchev–Trinajstić information content (AvgIpc) is 2.89. The van der Waals surface area contributed by atoms with Gasteiger partial charge in [-0.25, -0.2) is 4.98 Å². The van der Waals surface area contributed by atoms with Gasteiger partial charge in [0.2, 0.25) is 0 Å². The largest absolute Gasteiger partial charge is 0.383 e. The van der Waals surface area contributed by atoms with E-state index in [1.165, 1.54) is 10.6 Å². The Morgan fingerprint density at radius 2 is 2.05 bits per heavy atom. The summed E-state index contributed by atoms with van der Waals surface area (Å²) in [4.78, 5) is 8.59. The third kappa shape index (κ3) is 4.64. The van der Waals surface area contributed by atoms with Gasteiger partial charge in [0.25, 0.3) is 0 Å². The molecule has 2 rings (SSSR count). The molecule has 1 aliphatic heterocycles. The van der Waals surface area contributed by atoms with Crippen LogP contribution in [-0.4, -0.2) is 51.5 Å². The van der Waals surface area contributed by atoms with Crippen LogP contribution in [-0.2, 0) is 21.4 Å². The molecule has 6 heteroatoms. The summed E-state index contributed by atoms with van der Waals surface area (Å²) in [5.41, 5.74) is 1.28. The molecule has 1 saturated heterocycles. The zero-order chi connectivity index (χ0) is 15.3. The summed E-state index contributed by atoms with van der Waals surface area (Å²) in [6.07, 6.45) is 0. The van der Waals surface area contributed by atoms with E-state index >= 15 is 0 Å². The fraction of sp³-hybridized carbons (Fsp3) is 0.800. The van der Waals surface area contributed by atoms with Crippen molar-refractivity contribution in [1.29, 1.82) is 0 Å². The van der Waals surface area contributed by atoms with E-state index in [1.807, 2.05) is 0 Å². The van der Waals surface area contributed by atoms with Gasteiger partial charge in [-0.2, -0.15) is 0 Å². The lowest BCUT2D eigenvalue weighted by Crippen LogP contribution is -2.36. The quantitative estimate of drug-likeness (QED) is 0.814. The van der Waals surface area contributed by atoms with Crippen molar-refractivity contribution in [2.24, 2.45) is 0 Å². The van der Waals surface area contributed by atoms with Gasteiger partial charge in [-0.1, -0.05) is 20.8 Å². The first-order chi connectivity index (χ1) is 10.0. The lowest BCUT2D eigenvalue weighted by atomic mass is 9.91. The van der Waals surface area contributed by atoms with E-state index in [-0.39, 0.29) is 5.41 Å². The summed E-state index contributed by atoms with van der Waals surface area (Å²) >= 11 is 1.81. The van der Waals surface area contributed by atoms with Crippen LogP contribution >= 0.6 is 11.3 Å². The molecule has 0 atom stereocenters. The number of ether oxygens (including phenoxy) is 2. The van der Waals surface area contributed by atoms with Crippen molar-refractivity contribution in [3.8, 4) is 0 Å². The van der Waals surface area contributed by atoms with Gasteiger partial charge < -0.3 is 19.7 Å². The second-order valence-electron chi connectivity index (χ2n) is 6.29. The van der Waals surface area contributed by atoms with E-state index in [2.05, 4.69) is 31.0 Å². The van der Waals surface area contributed by atoms with Crippen molar-refractivity contribution in [3.05, 3.63) is 10.6 Å². The summed E-state index contributed by atoms with van der Waals surface area (Å²) in [5.74, 6) is 0. The summed E-state index contributed by atoms with van der Waals surface area (Å²) in [7, 11) is 1.73. The number of rotatable bonds is 6. The highest BCUT2D eigenvalue weighted by atomic mass is 32.1. The Labute approximate surface area is 131 Å². The molecule has 0 amide bonds. The Morgan fingerprint density at radius 3 is 2.67 bits per heavy atom. The van der Waals surface area contributed by atoms with E-state index < -0.39 is 0 Å². The molecule has 1 N–H and O–H groups in total. The Balaban J connectivity index is 2.10. The number of aromatic nitrogens is 1. The van der Waals surface area contributed by atoms with Crippen molar-refractivity contribution in [2.75, 3.05) is 51.5 Å². The number of methoxy groups -OCH3 is 1. The SMILES string of the molecule is COCCNCc1sc(N2CCOCC2)nc1C(C)(C)C. The number of nitrogens with one attached hydrogen (secondary N) is 1.